The first-order chi connectivity index (χ1) is 10.7. The first-order valence-corrected chi connectivity index (χ1v) is 8.28. The maximum absolute atomic E-state index is 12.2. The molecule has 0 radical (unpaired) electrons. The molecule has 1 aromatic rings. The Morgan fingerprint density at radius 1 is 1.27 bits per heavy atom. The van der Waals surface area contributed by atoms with Crippen LogP contribution in [-0.2, 0) is 0 Å². The molecular weight excluding hydrogens is 298 g/mol. The highest BCUT2D eigenvalue weighted by Gasteiger charge is 2.48. The van der Waals surface area contributed by atoms with Gasteiger partial charge in [-0.05, 0) is 19.4 Å². The summed E-state index contributed by atoms with van der Waals surface area (Å²) in [5.74, 6) is 0. The van der Waals surface area contributed by atoms with Crippen LogP contribution in [0.3, 0.4) is 0 Å². The molecule has 1 aromatic carbocycles. The summed E-state index contributed by atoms with van der Waals surface area (Å²) < 4.78 is 0. The number of carbonyl (C=O) groups is 1. The summed E-state index contributed by atoms with van der Waals surface area (Å²) in [5, 5.41) is 5.03. The number of carbonyl (C=O) groups excluding carboxylic acids is 1. The van der Waals surface area contributed by atoms with Crippen molar-refractivity contribution in [3.8, 4) is 0 Å². The maximum atomic E-state index is 12.2. The molecule has 3 rings (SSSR count). The molecular formula is C15H19N5OS. The third-order valence-corrected chi connectivity index (χ3v) is 4.87. The fourth-order valence-corrected chi connectivity index (χ4v) is 3.82. The van der Waals surface area contributed by atoms with Gasteiger partial charge >= 0.3 is 6.03 Å². The molecule has 1 fully saturated rings. The van der Waals surface area contributed by atoms with Crippen LogP contribution < -0.4 is 5.43 Å². The monoisotopic (exact) mass is 317 g/mol. The van der Waals surface area contributed by atoms with E-state index in [0.717, 1.165) is 10.7 Å². The first-order valence-electron chi connectivity index (χ1n) is 7.40. The van der Waals surface area contributed by atoms with Gasteiger partial charge in [0.05, 0.1) is 6.21 Å². The summed E-state index contributed by atoms with van der Waals surface area (Å²) in [6.07, 6.45) is 1.65. The van der Waals surface area contributed by atoms with Crippen LogP contribution in [0.25, 0.3) is 0 Å². The van der Waals surface area contributed by atoms with Gasteiger partial charge in [0.25, 0.3) is 0 Å². The molecule has 116 valence electrons. The second-order valence-electron chi connectivity index (χ2n) is 4.99. The Bertz CT molecular complexity index is 603. The number of hydrogen-bond donors (Lipinski definition) is 1. The number of amidine groups is 1. The smallest absolute Gasteiger partial charge is 0.308 e. The SMILES string of the molecule is CCN1C(=O)N(CC)C2SC(N/N=C/c3ccccc3)=NC21. The van der Waals surface area contributed by atoms with Crippen LogP contribution in [0, 0.1) is 0 Å². The van der Waals surface area contributed by atoms with Crippen LogP contribution in [0.1, 0.15) is 19.4 Å². The van der Waals surface area contributed by atoms with Gasteiger partial charge in [0.2, 0.25) is 0 Å². The van der Waals surface area contributed by atoms with E-state index in [1.54, 1.807) is 22.9 Å². The maximum Gasteiger partial charge on any atom is 0.322 e. The average Bonchev–Trinajstić information content (AvgIpc) is 3.03. The molecule has 2 aliphatic heterocycles. The summed E-state index contributed by atoms with van der Waals surface area (Å²) in [6, 6.07) is 9.95. The lowest BCUT2D eigenvalue weighted by atomic mass is 10.2. The van der Waals surface area contributed by atoms with Crippen molar-refractivity contribution in [3.05, 3.63) is 35.9 Å². The Morgan fingerprint density at radius 3 is 2.68 bits per heavy atom. The Labute approximate surface area is 134 Å². The van der Waals surface area contributed by atoms with Gasteiger partial charge in [0.1, 0.15) is 5.37 Å². The highest BCUT2D eigenvalue weighted by atomic mass is 32.2. The van der Waals surface area contributed by atoms with Crippen LogP contribution >= 0.6 is 11.8 Å². The molecule has 0 saturated carbocycles. The van der Waals surface area contributed by atoms with Gasteiger partial charge in [0.15, 0.2) is 11.3 Å². The minimum absolute atomic E-state index is 0.0480. The summed E-state index contributed by atoms with van der Waals surface area (Å²) in [4.78, 5) is 20.5. The molecule has 2 unspecified atom stereocenters. The number of nitrogens with zero attached hydrogens (tertiary/aromatic N) is 4. The van der Waals surface area contributed by atoms with Crippen molar-refractivity contribution in [2.75, 3.05) is 13.1 Å². The van der Waals surface area contributed by atoms with Gasteiger partial charge in [-0.2, -0.15) is 5.10 Å². The van der Waals surface area contributed by atoms with E-state index >= 15 is 0 Å². The van der Waals surface area contributed by atoms with E-state index in [1.165, 1.54) is 0 Å². The molecule has 0 bridgehead atoms. The molecule has 2 aliphatic rings. The highest BCUT2D eigenvalue weighted by molar-refractivity contribution is 8.14. The third-order valence-electron chi connectivity index (χ3n) is 3.71. The predicted octanol–water partition coefficient (Wildman–Crippen LogP) is 2.14. The van der Waals surface area contributed by atoms with E-state index in [-0.39, 0.29) is 17.6 Å². The second-order valence-corrected chi connectivity index (χ2v) is 6.10. The van der Waals surface area contributed by atoms with Crippen molar-refractivity contribution in [1.82, 2.24) is 15.2 Å². The fourth-order valence-electron chi connectivity index (χ4n) is 2.62. The zero-order chi connectivity index (χ0) is 15.5. The van der Waals surface area contributed by atoms with Crippen molar-refractivity contribution in [2.24, 2.45) is 10.1 Å². The Kier molecular flexibility index (Phi) is 4.33. The van der Waals surface area contributed by atoms with Gasteiger partial charge < -0.3 is 4.90 Å². The van der Waals surface area contributed by atoms with Crippen molar-refractivity contribution < 1.29 is 4.79 Å². The number of nitrogens with one attached hydrogen (secondary N) is 1. The standard InChI is InChI=1S/C15H19N5OS/c1-3-19-12-13(20(4-2)15(19)21)22-14(17-12)18-16-10-11-8-6-5-7-9-11/h5-10,12-13H,3-4H2,1-2H3,(H,17,18)/b16-10+. The fraction of sp³-hybridized carbons (Fsp3) is 0.400. The van der Waals surface area contributed by atoms with E-state index < -0.39 is 0 Å². The number of aliphatic imine (C=N–C) groups is 1. The predicted molar refractivity (Wildman–Crippen MR) is 89.9 cm³/mol. The second kappa shape index (κ2) is 6.39. The van der Waals surface area contributed by atoms with Gasteiger partial charge in [0, 0.05) is 13.1 Å². The van der Waals surface area contributed by atoms with E-state index in [4.69, 9.17) is 0 Å². The first kappa shape index (κ1) is 14.9. The van der Waals surface area contributed by atoms with Gasteiger partial charge in [-0.15, -0.1) is 0 Å². The van der Waals surface area contributed by atoms with Crippen molar-refractivity contribution in [3.63, 3.8) is 0 Å². The molecule has 1 N–H and O–H groups in total. The molecule has 0 spiro atoms. The molecule has 2 heterocycles. The lowest BCUT2D eigenvalue weighted by Gasteiger charge is -2.18. The number of hydrogen-bond acceptors (Lipinski definition) is 5. The number of hydrazone groups is 1. The quantitative estimate of drug-likeness (QED) is 0.684. The van der Waals surface area contributed by atoms with E-state index in [0.29, 0.717) is 13.1 Å². The number of fused-ring (bicyclic) bond motifs is 1. The van der Waals surface area contributed by atoms with E-state index in [2.05, 4.69) is 15.5 Å². The molecule has 22 heavy (non-hydrogen) atoms. The summed E-state index contributed by atoms with van der Waals surface area (Å²) in [6.45, 7) is 5.33. The number of amides is 2. The Morgan fingerprint density at radius 2 is 2.00 bits per heavy atom. The Balaban J connectivity index is 1.67. The van der Waals surface area contributed by atoms with Crippen LogP contribution in [0.5, 0.6) is 0 Å². The van der Waals surface area contributed by atoms with Crippen LogP contribution in [0.2, 0.25) is 0 Å². The molecule has 1 saturated heterocycles. The summed E-state index contributed by atoms with van der Waals surface area (Å²) in [5.41, 5.74) is 4.01. The molecule has 7 heteroatoms. The topological polar surface area (TPSA) is 60.3 Å². The number of thioether (sulfide) groups is 1. The van der Waals surface area contributed by atoms with E-state index in [1.807, 2.05) is 49.1 Å². The van der Waals surface area contributed by atoms with E-state index in [9.17, 15) is 4.79 Å². The lowest BCUT2D eigenvalue weighted by Crippen LogP contribution is -2.35. The summed E-state index contributed by atoms with van der Waals surface area (Å²) in [7, 11) is 0. The lowest BCUT2D eigenvalue weighted by molar-refractivity contribution is 0.190. The van der Waals surface area contributed by atoms with Crippen molar-refractivity contribution in [1.29, 1.82) is 0 Å². The molecule has 2 amide bonds. The van der Waals surface area contributed by atoms with Crippen LogP contribution in [0.15, 0.2) is 40.4 Å². The van der Waals surface area contributed by atoms with Crippen molar-refractivity contribution >= 4 is 29.2 Å². The minimum atomic E-state index is -0.114. The molecule has 0 aliphatic carbocycles. The normalized spacial score (nSPS) is 24.1. The molecule has 2 atom stereocenters. The number of likely N-dealkylation sites (N-methyl/N-ethyl adjacent to an activating group) is 2. The third kappa shape index (κ3) is 2.68. The average molecular weight is 317 g/mol. The largest absolute Gasteiger partial charge is 0.322 e. The van der Waals surface area contributed by atoms with Crippen molar-refractivity contribution in [2.45, 2.75) is 25.4 Å². The molecule has 0 aromatic heterocycles. The summed E-state index contributed by atoms with van der Waals surface area (Å²) >= 11 is 1.56. The number of urea groups is 1. The number of rotatable bonds is 4. The van der Waals surface area contributed by atoms with Gasteiger partial charge in [-0.25, -0.2) is 9.79 Å². The zero-order valence-corrected chi connectivity index (χ0v) is 13.5. The molecule has 6 nitrogen and oxygen atoms in total. The minimum Gasteiger partial charge on any atom is -0.308 e. The Hall–Kier alpha value is -2.02. The van der Waals surface area contributed by atoms with Crippen LogP contribution in [0.4, 0.5) is 4.79 Å². The van der Waals surface area contributed by atoms with Crippen LogP contribution in [-0.4, -0.2) is 51.8 Å². The van der Waals surface area contributed by atoms with Gasteiger partial charge in [-0.1, -0.05) is 42.1 Å². The highest BCUT2D eigenvalue weighted by Crippen LogP contribution is 2.36. The number of benzene rings is 1. The zero-order valence-electron chi connectivity index (χ0n) is 12.6. The van der Waals surface area contributed by atoms with Gasteiger partial charge in [-0.3, -0.25) is 10.3 Å².